The lowest BCUT2D eigenvalue weighted by atomic mass is 9.87. The number of nitrogens with two attached hydrogens (primary N) is 1. The molecule has 106 valence electrons. The summed E-state index contributed by atoms with van der Waals surface area (Å²) in [4.78, 5) is 1.04. The van der Waals surface area contributed by atoms with E-state index in [1.165, 1.54) is 11.1 Å². The van der Waals surface area contributed by atoms with E-state index in [1.54, 1.807) is 11.8 Å². The maximum absolute atomic E-state index is 6.00. The molecule has 0 aliphatic carbocycles. The van der Waals surface area contributed by atoms with Crippen LogP contribution in [0.5, 0.6) is 0 Å². The fourth-order valence-corrected chi connectivity index (χ4v) is 3.09. The molecular formula is C17H20ClNS. The molecule has 0 saturated carbocycles. The Labute approximate surface area is 130 Å². The lowest BCUT2D eigenvalue weighted by Crippen LogP contribution is -2.10. The van der Waals surface area contributed by atoms with E-state index >= 15 is 0 Å². The largest absolute Gasteiger partial charge is 0.398 e. The summed E-state index contributed by atoms with van der Waals surface area (Å²) in [7, 11) is 0. The van der Waals surface area contributed by atoms with Crippen LogP contribution < -0.4 is 5.73 Å². The number of anilines is 1. The van der Waals surface area contributed by atoms with Gasteiger partial charge in [0.15, 0.2) is 0 Å². The molecule has 0 fully saturated rings. The molecule has 1 nitrogen and oxygen atoms in total. The van der Waals surface area contributed by atoms with Crippen LogP contribution in [0.1, 0.15) is 31.9 Å². The molecule has 0 spiro atoms. The van der Waals surface area contributed by atoms with Crippen LogP contribution in [0.3, 0.4) is 0 Å². The first kappa shape index (κ1) is 15.3. The molecule has 2 rings (SSSR count). The van der Waals surface area contributed by atoms with Gasteiger partial charge < -0.3 is 5.73 Å². The number of halogens is 1. The lowest BCUT2D eigenvalue weighted by Gasteiger charge is -2.19. The van der Waals surface area contributed by atoms with E-state index in [2.05, 4.69) is 45.0 Å². The van der Waals surface area contributed by atoms with Gasteiger partial charge in [0.25, 0.3) is 0 Å². The van der Waals surface area contributed by atoms with Crippen LogP contribution in [0, 0.1) is 0 Å². The van der Waals surface area contributed by atoms with E-state index in [9.17, 15) is 0 Å². The van der Waals surface area contributed by atoms with Gasteiger partial charge in [-0.1, -0.05) is 56.6 Å². The topological polar surface area (TPSA) is 26.0 Å². The number of hydrogen-bond acceptors (Lipinski definition) is 2. The highest BCUT2D eigenvalue weighted by Crippen LogP contribution is 2.31. The van der Waals surface area contributed by atoms with E-state index in [1.807, 2.05) is 18.2 Å². The van der Waals surface area contributed by atoms with Gasteiger partial charge in [0, 0.05) is 21.4 Å². The average molecular weight is 306 g/mol. The maximum Gasteiger partial charge on any atom is 0.0453 e. The number of thioether (sulfide) groups is 1. The normalized spacial score (nSPS) is 11.6. The van der Waals surface area contributed by atoms with Gasteiger partial charge in [-0.2, -0.15) is 0 Å². The van der Waals surface area contributed by atoms with Crippen molar-refractivity contribution in [2.24, 2.45) is 0 Å². The average Bonchev–Trinajstić information content (AvgIpc) is 2.39. The summed E-state index contributed by atoms with van der Waals surface area (Å²) in [5, 5.41) is 0.727. The fourth-order valence-electron chi connectivity index (χ4n) is 1.90. The molecule has 0 bridgehead atoms. The van der Waals surface area contributed by atoms with Crippen molar-refractivity contribution in [2.75, 3.05) is 5.73 Å². The van der Waals surface area contributed by atoms with E-state index in [0.717, 1.165) is 21.4 Å². The van der Waals surface area contributed by atoms with Gasteiger partial charge in [0.2, 0.25) is 0 Å². The molecule has 0 unspecified atom stereocenters. The Kier molecular flexibility index (Phi) is 4.66. The minimum Gasteiger partial charge on any atom is -0.398 e. The quantitative estimate of drug-likeness (QED) is 0.597. The zero-order valence-corrected chi connectivity index (χ0v) is 13.7. The second kappa shape index (κ2) is 6.11. The Bertz CT molecular complexity index is 585. The zero-order chi connectivity index (χ0) is 14.8. The molecule has 0 atom stereocenters. The first-order chi connectivity index (χ1) is 9.36. The van der Waals surface area contributed by atoms with Crippen molar-refractivity contribution in [3.05, 3.63) is 58.6 Å². The second-order valence-corrected chi connectivity index (χ2v) is 7.37. The Morgan fingerprint density at radius 2 is 1.70 bits per heavy atom. The van der Waals surface area contributed by atoms with E-state index in [4.69, 9.17) is 17.3 Å². The molecule has 0 saturated heterocycles. The maximum atomic E-state index is 6.00. The number of nitrogen functional groups attached to an aromatic ring is 1. The molecule has 20 heavy (non-hydrogen) atoms. The monoisotopic (exact) mass is 305 g/mol. The van der Waals surface area contributed by atoms with E-state index < -0.39 is 0 Å². The molecule has 0 aliphatic heterocycles. The molecule has 0 aliphatic rings. The van der Waals surface area contributed by atoms with Gasteiger partial charge in [-0.25, -0.2) is 0 Å². The van der Waals surface area contributed by atoms with Crippen LogP contribution in [0.15, 0.2) is 47.4 Å². The van der Waals surface area contributed by atoms with Gasteiger partial charge in [-0.15, -0.1) is 11.8 Å². The molecule has 0 amide bonds. The molecule has 0 heterocycles. The van der Waals surface area contributed by atoms with Crippen molar-refractivity contribution in [3.8, 4) is 0 Å². The summed E-state index contributed by atoms with van der Waals surface area (Å²) in [5.74, 6) is 0.898. The van der Waals surface area contributed by atoms with Crippen molar-refractivity contribution < 1.29 is 0 Å². The van der Waals surface area contributed by atoms with Gasteiger partial charge in [-0.05, 0) is 34.7 Å². The van der Waals surface area contributed by atoms with Crippen molar-refractivity contribution in [3.63, 3.8) is 0 Å². The van der Waals surface area contributed by atoms with Crippen molar-refractivity contribution in [1.82, 2.24) is 0 Å². The second-order valence-electron chi connectivity index (χ2n) is 5.92. The predicted molar refractivity (Wildman–Crippen MR) is 90.6 cm³/mol. The van der Waals surface area contributed by atoms with E-state index in [0.29, 0.717) is 0 Å². The predicted octanol–water partition coefficient (Wildman–Crippen LogP) is 5.51. The number of hydrogen-bond donors (Lipinski definition) is 1. The molecule has 3 heteroatoms. The SMILES string of the molecule is CC(C)(C)c1ccc(CSc2cc(Cl)ccc2N)cc1. The third kappa shape index (κ3) is 3.94. The van der Waals surface area contributed by atoms with Crippen LogP contribution in [-0.4, -0.2) is 0 Å². The Balaban J connectivity index is 2.06. The lowest BCUT2D eigenvalue weighted by molar-refractivity contribution is 0.590. The standard InChI is InChI=1S/C17H20ClNS/c1-17(2,3)13-6-4-12(5-7-13)11-20-16-10-14(18)8-9-15(16)19/h4-10H,11,19H2,1-3H3. The summed E-state index contributed by atoms with van der Waals surface area (Å²) in [6, 6.07) is 14.4. The highest BCUT2D eigenvalue weighted by Gasteiger charge is 2.12. The van der Waals surface area contributed by atoms with E-state index in [-0.39, 0.29) is 5.41 Å². The molecule has 2 aromatic rings. The molecule has 0 aromatic heterocycles. The first-order valence-corrected chi connectivity index (χ1v) is 8.00. The van der Waals surface area contributed by atoms with Crippen LogP contribution >= 0.6 is 23.4 Å². The molecule has 2 N–H and O–H groups in total. The summed E-state index contributed by atoms with van der Waals surface area (Å²) in [5.41, 5.74) is 9.58. The highest BCUT2D eigenvalue weighted by atomic mass is 35.5. The zero-order valence-electron chi connectivity index (χ0n) is 12.1. The van der Waals surface area contributed by atoms with Crippen LogP contribution in [-0.2, 0) is 11.2 Å². The smallest absolute Gasteiger partial charge is 0.0453 e. The number of rotatable bonds is 3. The summed E-state index contributed by atoms with van der Waals surface area (Å²) < 4.78 is 0. The Morgan fingerprint density at radius 3 is 2.30 bits per heavy atom. The minimum absolute atomic E-state index is 0.197. The summed E-state index contributed by atoms with van der Waals surface area (Å²) in [6.07, 6.45) is 0. The third-order valence-corrected chi connectivity index (χ3v) is 4.57. The number of benzene rings is 2. The Hall–Kier alpha value is -1.12. The van der Waals surface area contributed by atoms with Crippen LogP contribution in [0.25, 0.3) is 0 Å². The molecule has 0 radical (unpaired) electrons. The molecule has 2 aromatic carbocycles. The first-order valence-electron chi connectivity index (χ1n) is 6.63. The third-order valence-electron chi connectivity index (χ3n) is 3.19. The van der Waals surface area contributed by atoms with Crippen molar-refractivity contribution in [1.29, 1.82) is 0 Å². The van der Waals surface area contributed by atoms with Gasteiger partial charge in [0.05, 0.1) is 0 Å². The van der Waals surface area contributed by atoms with Crippen LogP contribution in [0.4, 0.5) is 5.69 Å². The van der Waals surface area contributed by atoms with Gasteiger partial charge in [0.1, 0.15) is 0 Å². The van der Waals surface area contributed by atoms with Gasteiger partial charge in [-0.3, -0.25) is 0 Å². The van der Waals surface area contributed by atoms with Crippen molar-refractivity contribution in [2.45, 2.75) is 36.8 Å². The minimum atomic E-state index is 0.197. The van der Waals surface area contributed by atoms with Gasteiger partial charge >= 0.3 is 0 Å². The summed E-state index contributed by atoms with van der Waals surface area (Å²) >= 11 is 7.72. The fraction of sp³-hybridized carbons (Fsp3) is 0.294. The molecular weight excluding hydrogens is 286 g/mol. The van der Waals surface area contributed by atoms with Crippen LogP contribution in [0.2, 0.25) is 5.02 Å². The van der Waals surface area contributed by atoms with Crippen molar-refractivity contribution >= 4 is 29.1 Å². The Morgan fingerprint density at radius 1 is 1.05 bits per heavy atom. The highest BCUT2D eigenvalue weighted by molar-refractivity contribution is 7.98. The summed E-state index contributed by atoms with van der Waals surface area (Å²) in [6.45, 7) is 6.68.